The van der Waals surface area contributed by atoms with Gasteiger partial charge in [0.05, 0.1) is 23.7 Å². The maximum absolute atomic E-state index is 14.4. The Morgan fingerprint density at radius 1 is 1.26 bits per heavy atom. The van der Waals surface area contributed by atoms with Crippen LogP contribution in [0.4, 0.5) is 13.2 Å². The summed E-state index contributed by atoms with van der Waals surface area (Å²) in [6, 6.07) is 3.92. The van der Waals surface area contributed by atoms with E-state index < -0.39 is 49.8 Å². The number of thiophene rings is 1. The van der Waals surface area contributed by atoms with Gasteiger partial charge in [0, 0.05) is 18.0 Å². The molecule has 27 heavy (non-hydrogen) atoms. The van der Waals surface area contributed by atoms with Gasteiger partial charge >= 0.3 is 0 Å². The highest BCUT2D eigenvalue weighted by molar-refractivity contribution is 7.91. The molecule has 1 aromatic heterocycles. The van der Waals surface area contributed by atoms with Crippen molar-refractivity contribution in [1.82, 2.24) is 4.90 Å². The molecule has 0 bridgehead atoms. The van der Waals surface area contributed by atoms with Crippen LogP contribution in [0.5, 0.6) is 5.75 Å². The van der Waals surface area contributed by atoms with E-state index in [1.54, 1.807) is 17.5 Å². The Bertz CT molecular complexity index is 961. The Kier molecular flexibility index (Phi) is 5.48. The lowest BCUT2D eigenvalue weighted by Crippen LogP contribution is -2.34. The third kappa shape index (κ3) is 3.68. The Balaban J connectivity index is 1.90. The molecule has 5 nitrogen and oxygen atoms in total. The molecule has 0 unspecified atom stereocenters. The predicted octanol–water partition coefficient (Wildman–Crippen LogP) is 3.18. The van der Waals surface area contributed by atoms with Crippen molar-refractivity contribution in [1.29, 1.82) is 0 Å². The van der Waals surface area contributed by atoms with Crippen molar-refractivity contribution in [2.45, 2.75) is 11.7 Å². The van der Waals surface area contributed by atoms with Crippen molar-refractivity contribution < 1.29 is 31.1 Å². The van der Waals surface area contributed by atoms with Crippen molar-refractivity contribution in [3.8, 4) is 5.75 Å². The molecule has 2 heterocycles. The number of methoxy groups -OCH3 is 1. The first kappa shape index (κ1) is 19.7. The van der Waals surface area contributed by atoms with Crippen LogP contribution >= 0.6 is 11.3 Å². The molecule has 0 saturated carbocycles. The highest BCUT2D eigenvalue weighted by Gasteiger charge is 2.35. The lowest BCUT2D eigenvalue weighted by Gasteiger charge is -2.21. The second kappa shape index (κ2) is 7.51. The summed E-state index contributed by atoms with van der Waals surface area (Å²) in [5.74, 6) is -6.46. The fourth-order valence-corrected chi connectivity index (χ4v) is 6.03. The van der Waals surface area contributed by atoms with Crippen LogP contribution in [-0.2, 0) is 9.84 Å². The van der Waals surface area contributed by atoms with E-state index in [2.05, 4.69) is 4.74 Å². The lowest BCUT2D eigenvalue weighted by molar-refractivity contribution is 0.0760. The zero-order valence-corrected chi connectivity index (χ0v) is 15.9. The van der Waals surface area contributed by atoms with Crippen LogP contribution < -0.4 is 4.74 Å². The van der Waals surface area contributed by atoms with Gasteiger partial charge in [0.15, 0.2) is 27.2 Å². The molecule has 1 amide bonds. The summed E-state index contributed by atoms with van der Waals surface area (Å²) in [6.07, 6.45) is 0.136. The summed E-state index contributed by atoms with van der Waals surface area (Å²) in [7, 11) is -2.55. The highest BCUT2D eigenvalue weighted by atomic mass is 32.2. The third-order valence-electron chi connectivity index (χ3n) is 4.44. The molecule has 0 radical (unpaired) electrons. The smallest absolute Gasteiger partial charge is 0.257 e. The van der Waals surface area contributed by atoms with E-state index in [1.165, 1.54) is 11.3 Å². The van der Waals surface area contributed by atoms with E-state index in [-0.39, 0.29) is 25.3 Å². The number of rotatable bonds is 3. The van der Waals surface area contributed by atoms with Crippen LogP contribution in [0.1, 0.15) is 26.9 Å². The standard InChI is InChI=1S/C17H16F3NO4S2/c1-25-16-14(19)10(9-11(18)15(16)20)17(22)21-5-4-13(12-3-2-7-26-12)27(23,24)8-6-21/h2-3,7,9,13H,4-6,8H2,1H3/t13-/m0/s1. The number of hydrogen-bond acceptors (Lipinski definition) is 5. The molecule has 1 aromatic carbocycles. The second-order valence-corrected chi connectivity index (χ2v) is 9.30. The molecule has 1 fully saturated rings. The van der Waals surface area contributed by atoms with Crippen molar-refractivity contribution in [2.75, 3.05) is 26.0 Å². The normalized spacial score (nSPS) is 19.6. The first-order valence-electron chi connectivity index (χ1n) is 8.02. The van der Waals surface area contributed by atoms with Crippen LogP contribution in [0.15, 0.2) is 23.6 Å². The van der Waals surface area contributed by atoms with E-state index >= 15 is 0 Å². The summed E-state index contributed by atoms with van der Waals surface area (Å²) in [6.45, 7) is -0.120. The first-order chi connectivity index (χ1) is 12.8. The van der Waals surface area contributed by atoms with Gasteiger partial charge in [-0.15, -0.1) is 11.3 Å². The van der Waals surface area contributed by atoms with Crippen molar-refractivity contribution >= 4 is 27.1 Å². The number of halogens is 3. The maximum atomic E-state index is 14.4. The molecular weight excluding hydrogens is 403 g/mol. The minimum atomic E-state index is -3.51. The predicted molar refractivity (Wildman–Crippen MR) is 94.2 cm³/mol. The number of hydrogen-bond donors (Lipinski definition) is 0. The molecule has 1 atom stereocenters. The molecule has 1 aliphatic heterocycles. The van der Waals surface area contributed by atoms with E-state index in [4.69, 9.17) is 0 Å². The average Bonchev–Trinajstić information content (AvgIpc) is 3.09. The zero-order valence-electron chi connectivity index (χ0n) is 14.2. The molecule has 2 aromatic rings. The topological polar surface area (TPSA) is 63.7 Å². The van der Waals surface area contributed by atoms with Gasteiger partial charge in [0.25, 0.3) is 5.91 Å². The number of amides is 1. The summed E-state index contributed by atoms with van der Waals surface area (Å²) in [5.41, 5.74) is -0.697. The van der Waals surface area contributed by atoms with E-state index in [0.29, 0.717) is 10.9 Å². The van der Waals surface area contributed by atoms with Crippen LogP contribution in [0, 0.1) is 17.5 Å². The van der Waals surface area contributed by atoms with Crippen molar-refractivity contribution in [2.24, 2.45) is 0 Å². The second-order valence-electron chi connectivity index (χ2n) is 6.02. The summed E-state index contributed by atoms with van der Waals surface area (Å²) in [5, 5.41) is 1.02. The van der Waals surface area contributed by atoms with Gasteiger partial charge in [0.2, 0.25) is 5.82 Å². The third-order valence-corrected chi connectivity index (χ3v) is 7.68. The van der Waals surface area contributed by atoms with Crippen molar-refractivity contribution in [3.63, 3.8) is 0 Å². The molecule has 146 valence electrons. The minimum absolute atomic E-state index is 0.0430. The molecule has 1 aliphatic rings. The van der Waals surface area contributed by atoms with E-state index in [1.807, 2.05) is 0 Å². The van der Waals surface area contributed by atoms with Gasteiger partial charge in [-0.25, -0.2) is 17.2 Å². The van der Waals surface area contributed by atoms with Gasteiger partial charge in [-0.05, 0) is 23.9 Å². The summed E-state index contributed by atoms with van der Waals surface area (Å²) < 4.78 is 71.2. The number of ether oxygens (including phenoxy) is 1. The molecule has 1 saturated heterocycles. The Morgan fingerprint density at radius 3 is 2.63 bits per heavy atom. The lowest BCUT2D eigenvalue weighted by atomic mass is 10.1. The van der Waals surface area contributed by atoms with Gasteiger partial charge in [-0.1, -0.05) is 6.07 Å². The van der Waals surface area contributed by atoms with Crippen molar-refractivity contribution in [3.05, 3.63) is 51.5 Å². The van der Waals surface area contributed by atoms with Crippen LogP contribution in [0.3, 0.4) is 0 Å². The molecule has 0 aliphatic carbocycles. The van der Waals surface area contributed by atoms with E-state index in [0.717, 1.165) is 12.0 Å². The van der Waals surface area contributed by atoms with Crippen LogP contribution in [0.25, 0.3) is 0 Å². The van der Waals surface area contributed by atoms with Gasteiger partial charge in [-0.3, -0.25) is 4.79 Å². The molecular formula is C17H16F3NO4S2. The fraction of sp³-hybridized carbons (Fsp3) is 0.353. The maximum Gasteiger partial charge on any atom is 0.257 e. The molecule has 10 heteroatoms. The van der Waals surface area contributed by atoms with Crippen LogP contribution in [-0.4, -0.2) is 45.2 Å². The van der Waals surface area contributed by atoms with Gasteiger partial charge in [-0.2, -0.15) is 4.39 Å². The monoisotopic (exact) mass is 419 g/mol. The Hall–Kier alpha value is -2.07. The number of sulfone groups is 1. The quantitative estimate of drug-likeness (QED) is 0.717. The minimum Gasteiger partial charge on any atom is -0.491 e. The van der Waals surface area contributed by atoms with Gasteiger partial charge in [0.1, 0.15) is 0 Å². The van der Waals surface area contributed by atoms with E-state index in [9.17, 15) is 26.4 Å². The number of carbonyl (C=O) groups excluding carboxylic acids is 1. The zero-order chi connectivity index (χ0) is 19.8. The summed E-state index contributed by atoms with van der Waals surface area (Å²) >= 11 is 1.31. The van der Waals surface area contributed by atoms with Crippen LogP contribution in [0.2, 0.25) is 0 Å². The molecule has 0 spiro atoms. The molecule has 0 N–H and O–H groups in total. The highest BCUT2D eigenvalue weighted by Crippen LogP contribution is 2.33. The summed E-state index contributed by atoms with van der Waals surface area (Å²) in [4.78, 5) is 14.5. The number of nitrogens with zero attached hydrogens (tertiary/aromatic N) is 1. The molecule has 3 rings (SSSR count). The largest absolute Gasteiger partial charge is 0.491 e. The first-order valence-corrected chi connectivity index (χ1v) is 10.6. The number of benzene rings is 1. The number of carbonyl (C=O) groups is 1. The van der Waals surface area contributed by atoms with Gasteiger partial charge < -0.3 is 9.64 Å². The Morgan fingerprint density at radius 2 is 2.00 bits per heavy atom. The fourth-order valence-electron chi connectivity index (χ4n) is 3.03. The SMILES string of the molecule is COc1c(F)c(F)cc(C(=O)N2CC[C@@H](c3cccs3)S(=O)(=O)CC2)c1F. The average molecular weight is 419 g/mol. The Labute approximate surface area is 158 Å².